The molecular weight excluding hydrogens is 280 g/mol. The van der Waals surface area contributed by atoms with Crippen molar-refractivity contribution in [3.63, 3.8) is 0 Å². The number of benzene rings is 1. The molecule has 1 aromatic carbocycles. The van der Waals surface area contributed by atoms with Crippen molar-refractivity contribution in [1.82, 2.24) is 0 Å². The number of hydrogen-bond acceptors (Lipinski definition) is 1. The van der Waals surface area contributed by atoms with Gasteiger partial charge >= 0.3 is 0 Å². The van der Waals surface area contributed by atoms with Crippen molar-refractivity contribution in [2.24, 2.45) is 0 Å². The van der Waals surface area contributed by atoms with Gasteiger partial charge < -0.3 is 5.32 Å². The summed E-state index contributed by atoms with van der Waals surface area (Å²) >= 11 is 22.7. The Morgan fingerprint density at radius 2 is 1.87 bits per heavy atom. The number of hydrogen-bond donors (Lipinski definition) is 1. The number of amides is 1. The lowest BCUT2D eigenvalue weighted by atomic mass is 10.3. The zero-order valence-corrected chi connectivity index (χ0v) is 10.7. The van der Waals surface area contributed by atoms with Crippen LogP contribution >= 0.6 is 46.4 Å². The Hall–Kier alpha value is -0.150. The monoisotopic (exact) mass is 285 g/mol. The molecule has 6 heteroatoms. The fraction of sp³-hybridized carbons (Fsp3) is 0.222. The van der Waals surface area contributed by atoms with Gasteiger partial charge in [0, 0.05) is 5.69 Å². The van der Waals surface area contributed by atoms with Crippen LogP contribution in [-0.4, -0.2) is 10.2 Å². The Labute approximate surface area is 107 Å². The van der Waals surface area contributed by atoms with E-state index in [1.54, 1.807) is 12.1 Å². The minimum absolute atomic E-state index is 0.348. The van der Waals surface area contributed by atoms with Gasteiger partial charge in [-0.05, 0) is 25.1 Å². The van der Waals surface area contributed by atoms with Gasteiger partial charge in [-0.3, -0.25) is 4.79 Å². The molecule has 1 amide bonds. The molecule has 0 aliphatic rings. The van der Waals surface area contributed by atoms with Crippen LogP contribution in [0.3, 0.4) is 0 Å². The lowest BCUT2D eigenvalue weighted by molar-refractivity contribution is -0.116. The van der Waals surface area contributed by atoms with Gasteiger partial charge in [0.15, 0.2) is 4.33 Å². The molecule has 1 aromatic rings. The van der Waals surface area contributed by atoms with E-state index >= 15 is 0 Å². The van der Waals surface area contributed by atoms with Crippen LogP contribution in [0.2, 0.25) is 10.0 Å². The molecule has 82 valence electrons. The average Bonchev–Trinajstić information content (AvgIpc) is 2.10. The van der Waals surface area contributed by atoms with Gasteiger partial charge in [0.25, 0.3) is 5.91 Å². The Balaban J connectivity index is 2.83. The maximum atomic E-state index is 11.4. The summed E-state index contributed by atoms with van der Waals surface area (Å²) in [4.78, 5) is 11.4. The molecule has 1 rings (SSSR count). The summed E-state index contributed by atoms with van der Waals surface area (Å²) in [7, 11) is 0. The fourth-order valence-corrected chi connectivity index (χ4v) is 1.21. The summed E-state index contributed by atoms with van der Waals surface area (Å²) in [6.07, 6.45) is 0. The standard InChI is InChI=1S/C9H7Cl4NO/c1-9(12,13)8(15)14-5-2-3-6(10)7(11)4-5/h2-4H,1H3,(H,14,15). The predicted molar refractivity (Wildman–Crippen MR) is 65.2 cm³/mol. The molecule has 0 spiro atoms. The van der Waals surface area contributed by atoms with Crippen molar-refractivity contribution >= 4 is 58.0 Å². The van der Waals surface area contributed by atoms with Crippen LogP contribution in [0, 0.1) is 0 Å². The molecule has 0 aliphatic heterocycles. The summed E-state index contributed by atoms with van der Waals surface area (Å²) in [5.74, 6) is -0.524. The Kier molecular flexibility index (Phi) is 4.13. The van der Waals surface area contributed by atoms with E-state index < -0.39 is 10.2 Å². The maximum absolute atomic E-state index is 11.4. The Morgan fingerprint density at radius 3 is 2.33 bits per heavy atom. The first-order valence-corrected chi connectivity index (χ1v) is 5.46. The molecule has 0 radical (unpaired) electrons. The van der Waals surface area contributed by atoms with Crippen LogP contribution in [0.4, 0.5) is 5.69 Å². The van der Waals surface area contributed by atoms with E-state index in [9.17, 15) is 4.79 Å². The molecule has 0 aliphatic carbocycles. The van der Waals surface area contributed by atoms with Gasteiger partial charge in [-0.15, -0.1) is 0 Å². The average molecular weight is 287 g/mol. The van der Waals surface area contributed by atoms with Crippen LogP contribution in [0.25, 0.3) is 0 Å². The lowest BCUT2D eigenvalue weighted by Gasteiger charge is -2.13. The molecule has 0 bridgehead atoms. The smallest absolute Gasteiger partial charge is 0.260 e. The third-order valence-electron chi connectivity index (χ3n) is 1.58. The van der Waals surface area contributed by atoms with Crippen LogP contribution < -0.4 is 5.32 Å². The highest BCUT2D eigenvalue weighted by molar-refractivity contribution is 6.58. The minimum Gasteiger partial charge on any atom is -0.323 e. The van der Waals surface area contributed by atoms with Crippen LogP contribution in [0.1, 0.15) is 6.92 Å². The molecule has 0 saturated carbocycles. The summed E-state index contributed by atoms with van der Waals surface area (Å²) in [5, 5.41) is 3.26. The SMILES string of the molecule is CC(Cl)(Cl)C(=O)Nc1ccc(Cl)c(Cl)c1. The molecule has 0 atom stereocenters. The van der Waals surface area contributed by atoms with Crippen molar-refractivity contribution in [2.75, 3.05) is 5.32 Å². The largest absolute Gasteiger partial charge is 0.323 e. The van der Waals surface area contributed by atoms with Gasteiger partial charge in [0.05, 0.1) is 10.0 Å². The number of carbonyl (C=O) groups is 1. The summed E-state index contributed by atoms with van der Waals surface area (Å²) < 4.78 is -1.48. The highest BCUT2D eigenvalue weighted by Gasteiger charge is 2.27. The van der Waals surface area contributed by atoms with Crippen LogP contribution in [0.15, 0.2) is 18.2 Å². The Morgan fingerprint density at radius 1 is 1.27 bits per heavy atom. The van der Waals surface area contributed by atoms with Crippen molar-refractivity contribution < 1.29 is 4.79 Å². The van der Waals surface area contributed by atoms with Crippen molar-refractivity contribution in [1.29, 1.82) is 0 Å². The topological polar surface area (TPSA) is 29.1 Å². The molecule has 0 heterocycles. The first kappa shape index (κ1) is 12.9. The number of anilines is 1. The van der Waals surface area contributed by atoms with Crippen molar-refractivity contribution in [3.8, 4) is 0 Å². The first-order chi connectivity index (χ1) is 6.80. The van der Waals surface area contributed by atoms with E-state index in [0.29, 0.717) is 15.7 Å². The van der Waals surface area contributed by atoms with Crippen molar-refractivity contribution in [2.45, 2.75) is 11.3 Å². The number of nitrogens with one attached hydrogen (secondary N) is 1. The molecular formula is C9H7Cl4NO. The van der Waals surface area contributed by atoms with Crippen LogP contribution in [0.5, 0.6) is 0 Å². The van der Waals surface area contributed by atoms with E-state index in [-0.39, 0.29) is 0 Å². The number of alkyl halides is 2. The van der Waals surface area contributed by atoms with Crippen LogP contribution in [-0.2, 0) is 4.79 Å². The zero-order chi connectivity index (χ0) is 11.6. The van der Waals surface area contributed by atoms with Gasteiger partial charge in [0.2, 0.25) is 0 Å². The quantitative estimate of drug-likeness (QED) is 0.814. The fourth-order valence-electron chi connectivity index (χ4n) is 0.815. The second kappa shape index (κ2) is 4.79. The summed E-state index contributed by atoms with van der Waals surface area (Å²) in [5.41, 5.74) is 0.488. The molecule has 0 saturated heterocycles. The molecule has 15 heavy (non-hydrogen) atoms. The number of rotatable bonds is 2. The maximum Gasteiger partial charge on any atom is 0.260 e. The number of halogens is 4. The second-order valence-corrected chi connectivity index (χ2v) is 5.49. The van der Waals surface area contributed by atoms with E-state index in [1.807, 2.05) is 0 Å². The summed E-state index contributed by atoms with van der Waals surface area (Å²) in [6.45, 7) is 1.38. The molecule has 0 unspecified atom stereocenters. The normalized spacial score (nSPS) is 11.3. The molecule has 0 fully saturated rings. The van der Waals surface area contributed by atoms with E-state index in [0.717, 1.165) is 0 Å². The molecule has 0 aromatic heterocycles. The van der Waals surface area contributed by atoms with E-state index in [4.69, 9.17) is 46.4 Å². The van der Waals surface area contributed by atoms with Crippen molar-refractivity contribution in [3.05, 3.63) is 28.2 Å². The van der Waals surface area contributed by atoms with Gasteiger partial charge in [-0.2, -0.15) is 0 Å². The number of carbonyl (C=O) groups excluding carboxylic acids is 1. The predicted octanol–water partition coefficient (Wildman–Crippen LogP) is 4.13. The third-order valence-corrected chi connectivity index (χ3v) is 2.66. The minimum atomic E-state index is -1.48. The van der Waals surface area contributed by atoms with Gasteiger partial charge in [0.1, 0.15) is 0 Å². The van der Waals surface area contributed by atoms with Gasteiger partial charge in [-0.1, -0.05) is 46.4 Å². The lowest BCUT2D eigenvalue weighted by Crippen LogP contribution is -2.29. The zero-order valence-electron chi connectivity index (χ0n) is 7.65. The molecule has 2 nitrogen and oxygen atoms in total. The van der Waals surface area contributed by atoms with E-state index in [2.05, 4.69) is 5.32 Å². The third kappa shape index (κ3) is 3.72. The highest BCUT2D eigenvalue weighted by atomic mass is 35.5. The van der Waals surface area contributed by atoms with Gasteiger partial charge in [-0.25, -0.2) is 0 Å². The van der Waals surface area contributed by atoms with E-state index in [1.165, 1.54) is 13.0 Å². The highest BCUT2D eigenvalue weighted by Crippen LogP contribution is 2.27. The second-order valence-electron chi connectivity index (χ2n) is 2.97. The Bertz CT molecular complexity index is 386. The summed E-state index contributed by atoms with van der Waals surface area (Å²) in [6, 6.07) is 4.69. The first-order valence-electron chi connectivity index (χ1n) is 3.95. The molecule has 1 N–H and O–H groups in total.